The second-order valence-corrected chi connectivity index (χ2v) is 6.31. The maximum Gasteiger partial charge on any atom is 0.184 e. The lowest BCUT2D eigenvalue weighted by atomic mass is 10.0. The summed E-state index contributed by atoms with van der Waals surface area (Å²) in [5.41, 5.74) is 7.09. The van der Waals surface area contributed by atoms with Gasteiger partial charge in [-0.3, -0.25) is 4.90 Å². The SMILES string of the molecule is Nc1cnc(NC2CCN(Cc3ccccc3)CC2)s1. The molecule has 1 aromatic heterocycles. The second-order valence-electron chi connectivity index (χ2n) is 5.25. The summed E-state index contributed by atoms with van der Waals surface area (Å²) in [6.07, 6.45) is 4.04. The van der Waals surface area contributed by atoms with Crippen LogP contribution in [0.25, 0.3) is 0 Å². The lowest BCUT2D eigenvalue weighted by Crippen LogP contribution is -2.38. The standard InChI is InChI=1S/C15H20N4S/c16-14-10-17-15(20-14)18-13-6-8-19(9-7-13)11-12-4-2-1-3-5-12/h1-5,10,13H,6-9,11,16H2,(H,17,18). The molecule has 0 atom stereocenters. The summed E-state index contributed by atoms with van der Waals surface area (Å²) in [6, 6.07) is 11.2. The molecule has 5 heteroatoms. The van der Waals surface area contributed by atoms with Crippen molar-refractivity contribution in [3.63, 3.8) is 0 Å². The third-order valence-corrected chi connectivity index (χ3v) is 4.45. The molecular formula is C15H20N4S. The fourth-order valence-electron chi connectivity index (χ4n) is 2.60. The van der Waals surface area contributed by atoms with Gasteiger partial charge < -0.3 is 11.1 Å². The lowest BCUT2D eigenvalue weighted by molar-refractivity contribution is 0.211. The van der Waals surface area contributed by atoms with Crippen molar-refractivity contribution >= 4 is 21.5 Å². The molecule has 1 aliphatic rings. The van der Waals surface area contributed by atoms with Crippen LogP contribution in [0.4, 0.5) is 10.1 Å². The highest BCUT2D eigenvalue weighted by Crippen LogP contribution is 2.23. The number of hydrogen-bond acceptors (Lipinski definition) is 5. The van der Waals surface area contributed by atoms with Gasteiger partial charge in [-0.2, -0.15) is 0 Å². The molecule has 1 aliphatic heterocycles. The summed E-state index contributed by atoms with van der Waals surface area (Å²) in [5.74, 6) is 0. The first-order valence-corrected chi connectivity index (χ1v) is 7.85. The maximum atomic E-state index is 5.70. The molecule has 1 aromatic carbocycles. The molecule has 4 nitrogen and oxygen atoms in total. The molecule has 106 valence electrons. The molecule has 0 bridgehead atoms. The number of rotatable bonds is 4. The van der Waals surface area contributed by atoms with E-state index in [0.29, 0.717) is 6.04 Å². The highest BCUT2D eigenvalue weighted by molar-refractivity contribution is 7.19. The number of nitrogens with one attached hydrogen (secondary N) is 1. The van der Waals surface area contributed by atoms with Crippen molar-refractivity contribution in [2.45, 2.75) is 25.4 Å². The Morgan fingerprint density at radius 1 is 1.25 bits per heavy atom. The van der Waals surface area contributed by atoms with Crippen molar-refractivity contribution in [2.75, 3.05) is 24.1 Å². The highest BCUT2D eigenvalue weighted by atomic mass is 32.1. The van der Waals surface area contributed by atoms with E-state index in [4.69, 9.17) is 5.73 Å². The molecule has 3 rings (SSSR count). The molecule has 0 amide bonds. The summed E-state index contributed by atoms with van der Waals surface area (Å²) >= 11 is 1.53. The smallest absolute Gasteiger partial charge is 0.184 e. The fourth-order valence-corrected chi connectivity index (χ4v) is 3.26. The van der Waals surface area contributed by atoms with Gasteiger partial charge in [-0.25, -0.2) is 4.98 Å². The van der Waals surface area contributed by atoms with Crippen molar-refractivity contribution in [1.29, 1.82) is 0 Å². The van der Waals surface area contributed by atoms with Gasteiger partial charge in [0.05, 0.1) is 6.20 Å². The Balaban J connectivity index is 1.47. The van der Waals surface area contributed by atoms with Crippen LogP contribution in [0.15, 0.2) is 36.5 Å². The zero-order valence-electron chi connectivity index (χ0n) is 11.5. The Labute approximate surface area is 123 Å². The summed E-state index contributed by atoms with van der Waals surface area (Å²) in [4.78, 5) is 6.78. The molecule has 0 unspecified atom stereocenters. The van der Waals surface area contributed by atoms with Gasteiger partial charge in [-0.05, 0) is 18.4 Å². The predicted molar refractivity (Wildman–Crippen MR) is 84.9 cm³/mol. The molecule has 0 aliphatic carbocycles. The molecule has 2 heterocycles. The highest BCUT2D eigenvalue weighted by Gasteiger charge is 2.19. The Morgan fingerprint density at radius 2 is 2.00 bits per heavy atom. The first kappa shape index (κ1) is 13.4. The number of nitrogens with zero attached hydrogens (tertiary/aromatic N) is 2. The van der Waals surface area contributed by atoms with E-state index < -0.39 is 0 Å². The predicted octanol–water partition coefficient (Wildman–Crippen LogP) is 2.80. The minimum atomic E-state index is 0.521. The number of benzene rings is 1. The molecule has 0 radical (unpaired) electrons. The Morgan fingerprint density at radius 3 is 2.65 bits per heavy atom. The van der Waals surface area contributed by atoms with Crippen LogP contribution in [0.2, 0.25) is 0 Å². The number of hydrogen-bond donors (Lipinski definition) is 2. The minimum absolute atomic E-state index is 0.521. The third kappa shape index (κ3) is 3.49. The molecule has 0 spiro atoms. The summed E-state index contributed by atoms with van der Waals surface area (Å²) < 4.78 is 0. The second kappa shape index (κ2) is 6.24. The van der Waals surface area contributed by atoms with Crippen LogP contribution in [0.5, 0.6) is 0 Å². The monoisotopic (exact) mass is 288 g/mol. The van der Waals surface area contributed by atoms with E-state index in [1.807, 2.05) is 0 Å². The van der Waals surface area contributed by atoms with E-state index in [2.05, 4.69) is 45.5 Å². The van der Waals surface area contributed by atoms with Crippen molar-refractivity contribution < 1.29 is 0 Å². The van der Waals surface area contributed by atoms with Crippen LogP contribution in [0.3, 0.4) is 0 Å². The minimum Gasteiger partial charge on any atom is -0.389 e. The van der Waals surface area contributed by atoms with Gasteiger partial charge in [-0.15, -0.1) is 0 Å². The van der Waals surface area contributed by atoms with E-state index in [-0.39, 0.29) is 0 Å². The number of anilines is 2. The maximum absolute atomic E-state index is 5.70. The summed E-state index contributed by atoms with van der Waals surface area (Å²) in [5, 5.41) is 5.21. The van der Waals surface area contributed by atoms with E-state index in [1.54, 1.807) is 6.20 Å². The molecule has 3 N–H and O–H groups in total. The van der Waals surface area contributed by atoms with Gasteiger partial charge in [0.25, 0.3) is 0 Å². The Hall–Kier alpha value is -1.59. The zero-order valence-corrected chi connectivity index (χ0v) is 12.3. The van der Waals surface area contributed by atoms with Gasteiger partial charge in [0.15, 0.2) is 5.13 Å². The van der Waals surface area contributed by atoms with Crippen molar-refractivity contribution in [3.8, 4) is 0 Å². The van der Waals surface area contributed by atoms with E-state index >= 15 is 0 Å². The van der Waals surface area contributed by atoms with Gasteiger partial charge in [-0.1, -0.05) is 41.7 Å². The molecule has 20 heavy (non-hydrogen) atoms. The van der Waals surface area contributed by atoms with E-state index in [0.717, 1.165) is 42.6 Å². The zero-order chi connectivity index (χ0) is 13.8. The lowest BCUT2D eigenvalue weighted by Gasteiger charge is -2.32. The average Bonchev–Trinajstić information content (AvgIpc) is 2.88. The van der Waals surface area contributed by atoms with Crippen molar-refractivity contribution in [3.05, 3.63) is 42.1 Å². The topological polar surface area (TPSA) is 54.2 Å². The van der Waals surface area contributed by atoms with Crippen LogP contribution < -0.4 is 11.1 Å². The van der Waals surface area contributed by atoms with Gasteiger partial charge in [0.2, 0.25) is 0 Å². The number of nitrogen functional groups attached to an aromatic ring is 1. The fraction of sp³-hybridized carbons (Fsp3) is 0.400. The van der Waals surface area contributed by atoms with Crippen LogP contribution >= 0.6 is 11.3 Å². The first-order valence-electron chi connectivity index (χ1n) is 7.04. The molecule has 0 saturated carbocycles. The van der Waals surface area contributed by atoms with Gasteiger partial charge in [0, 0.05) is 25.7 Å². The van der Waals surface area contributed by atoms with Crippen LogP contribution in [0, 0.1) is 0 Å². The van der Waals surface area contributed by atoms with E-state index in [1.165, 1.54) is 16.9 Å². The first-order chi connectivity index (χ1) is 9.79. The summed E-state index contributed by atoms with van der Waals surface area (Å²) in [7, 11) is 0. The van der Waals surface area contributed by atoms with Crippen LogP contribution in [-0.4, -0.2) is 29.0 Å². The van der Waals surface area contributed by atoms with E-state index in [9.17, 15) is 0 Å². The number of nitrogens with two attached hydrogens (primary N) is 1. The average molecular weight is 288 g/mol. The largest absolute Gasteiger partial charge is 0.389 e. The Bertz CT molecular complexity index is 532. The molecule has 1 fully saturated rings. The Kier molecular flexibility index (Phi) is 4.18. The number of likely N-dealkylation sites (tertiary alicyclic amines) is 1. The van der Waals surface area contributed by atoms with Crippen molar-refractivity contribution in [2.24, 2.45) is 0 Å². The number of thiazole rings is 1. The number of aromatic nitrogens is 1. The molecule has 1 saturated heterocycles. The van der Waals surface area contributed by atoms with Gasteiger partial charge in [0.1, 0.15) is 5.00 Å². The quantitative estimate of drug-likeness (QED) is 0.908. The van der Waals surface area contributed by atoms with Gasteiger partial charge >= 0.3 is 0 Å². The third-order valence-electron chi connectivity index (χ3n) is 3.69. The molecular weight excluding hydrogens is 268 g/mol. The molecule has 2 aromatic rings. The van der Waals surface area contributed by atoms with Crippen molar-refractivity contribution in [1.82, 2.24) is 9.88 Å². The normalized spacial score (nSPS) is 17.2. The van der Waals surface area contributed by atoms with Crippen LogP contribution in [-0.2, 0) is 6.54 Å². The summed E-state index contributed by atoms with van der Waals surface area (Å²) in [6.45, 7) is 3.32. The number of piperidine rings is 1. The van der Waals surface area contributed by atoms with Crippen LogP contribution in [0.1, 0.15) is 18.4 Å².